The molecule has 7 unspecified atom stereocenters. The summed E-state index contributed by atoms with van der Waals surface area (Å²) in [7, 11) is 0. The van der Waals surface area contributed by atoms with Crippen LogP contribution in [0.1, 0.15) is 91.9 Å². The van der Waals surface area contributed by atoms with E-state index in [1.165, 1.54) is 38.5 Å². The Balaban J connectivity index is 1.60. The summed E-state index contributed by atoms with van der Waals surface area (Å²) >= 11 is 0. The van der Waals surface area contributed by atoms with Gasteiger partial charge in [0.1, 0.15) is 0 Å². The van der Waals surface area contributed by atoms with Gasteiger partial charge in [0.2, 0.25) is 0 Å². The molecule has 10 atom stereocenters. The van der Waals surface area contributed by atoms with Crippen LogP contribution >= 0.6 is 0 Å². The van der Waals surface area contributed by atoms with Gasteiger partial charge in [-0.2, -0.15) is 0 Å². The van der Waals surface area contributed by atoms with Crippen molar-refractivity contribution in [3.63, 3.8) is 0 Å². The van der Waals surface area contributed by atoms with Crippen LogP contribution in [-0.4, -0.2) is 22.4 Å². The molecule has 0 aliphatic heterocycles. The van der Waals surface area contributed by atoms with Gasteiger partial charge in [-0.15, -0.1) is 0 Å². The lowest BCUT2D eigenvalue weighted by molar-refractivity contribution is -0.172. The van der Waals surface area contributed by atoms with Gasteiger partial charge < -0.3 is 10.2 Å². The van der Waals surface area contributed by atoms with E-state index in [2.05, 4.69) is 27.7 Å². The quantitative estimate of drug-likeness (QED) is 0.704. The topological polar surface area (TPSA) is 40.5 Å². The highest BCUT2D eigenvalue weighted by atomic mass is 16.3. The molecule has 2 N–H and O–H groups in total. The predicted octanol–water partition coefficient (Wildman–Crippen LogP) is 5.41. The van der Waals surface area contributed by atoms with Gasteiger partial charge in [-0.25, -0.2) is 0 Å². The Morgan fingerprint density at radius 1 is 0.885 bits per heavy atom. The van der Waals surface area contributed by atoms with Crippen molar-refractivity contribution < 1.29 is 10.2 Å². The van der Waals surface area contributed by atoms with Gasteiger partial charge in [-0.3, -0.25) is 0 Å². The molecule has 0 aromatic heterocycles. The maximum atomic E-state index is 11.1. The van der Waals surface area contributed by atoms with Crippen LogP contribution in [0.5, 0.6) is 0 Å². The minimum atomic E-state index is -0.189. The number of rotatable bonds is 3. The summed E-state index contributed by atoms with van der Waals surface area (Å²) < 4.78 is 0. The van der Waals surface area contributed by atoms with Crippen molar-refractivity contribution in [2.45, 2.75) is 104 Å². The monoisotopic (exact) mass is 362 g/mol. The molecule has 4 rings (SSSR count). The highest BCUT2D eigenvalue weighted by molar-refractivity contribution is 5.11. The van der Waals surface area contributed by atoms with E-state index in [9.17, 15) is 10.2 Å². The van der Waals surface area contributed by atoms with E-state index in [0.29, 0.717) is 11.3 Å². The highest BCUT2D eigenvalue weighted by Crippen LogP contribution is 2.68. The third-order valence-corrected chi connectivity index (χ3v) is 10.2. The van der Waals surface area contributed by atoms with Crippen LogP contribution in [0.2, 0.25) is 0 Å². The second-order valence-corrected chi connectivity index (χ2v) is 11.2. The Kier molecular flexibility index (Phi) is 5.01. The largest absolute Gasteiger partial charge is 0.393 e. The second-order valence-electron chi connectivity index (χ2n) is 11.2. The smallest absolute Gasteiger partial charge is 0.0577 e. The number of fused-ring (bicyclic) bond motifs is 5. The van der Waals surface area contributed by atoms with Crippen LogP contribution in [-0.2, 0) is 0 Å². The number of aliphatic hydroxyl groups excluding tert-OH is 2. The van der Waals surface area contributed by atoms with Gasteiger partial charge in [0.15, 0.2) is 0 Å². The summed E-state index contributed by atoms with van der Waals surface area (Å²) in [5, 5.41) is 21.3. The van der Waals surface area contributed by atoms with Crippen LogP contribution in [0.3, 0.4) is 0 Å². The first-order valence-electron chi connectivity index (χ1n) is 11.7. The second kappa shape index (κ2) is 6.76. The summed E-state index contributed by atoms with van der Waals surface area (Å²) in [4.78, 5) is 0. The van der Waals surface area contributed by atoms with Gasteiger partial charge in [0.05, 0.1) is 12.2 Å². The number of aliphatic hydroxyl groups is 2. The third kappa shape index (κ3) is 2.72. The molecule has 0 aromatic rings. The fraction of sp³-hybridized carbons (Fsp3) is 1.00. The van der Waals surface area contributed by atoms with E-state index < -0.39 is 0 Å². The Hall–Kier alpha value is -0.0800. The normalized spacial score (nSPS) is 54.9. The molecule has 4 saturated carbocycles. The lowest BCUT2D eigenvalue weighted by Crippen LogP contribution is -2.58. The Bertz CT molecular complexity index is 518. The van der Waals surface area contributed by atoms with Crippen LogP contribution in [0.25, 0.3) is 0 Å². The fourth-order valence-corrected chi connectivity index (χ4v) is 8.91. The maximum absolute atomic E-state index is 11.1. The molecule has 0 radical (unpaired) electrons. The standard InChI is InChI=1S/C24H42O2/c1-5-6-15(2)18-7-8-19-17-14-22(26)21-13-16(25)9-11-24(21,4)20(17)10-12-23(18,19)3/h15-22,25-26H,5-14H2,1-4H3/t15?,16-,17?,18?,19?,20?,21+,22+,23?,24?/m1/s1. The molecule has 4 fully saturated rings. The van der Waals surface area contributed by atoms with Crippen LogP contribution in [0, 0.1) is 46.3 Å². The Morgan fingerprint density at radius 3 is 2.31 bits per heavy atom. The molecular formula is C24H42O2. The molecule has 0 spiro atoms. The predicted molar refractivity (Wildman–Crippen MR) is 107 cm³/mol. The van der Waals surface area contributed by atoms with E-state index in [1.807, 2.05) is 0 Å². The molecule has 4 aliphatic rings. The average molecular weight is 363 g/mol. The summed E-state index contributed by atoms with van der Waals surface area (Å²) in [6, 6.07) is 0. The van der Waals surface area contributed by atoms with Gasteiger partial charge in [0.25, 0.3) is 0 Å². The molecule has 2 heteroatoms. The number of hydrogen-bond donors (Lipinski definition) is 2. The zero-order valence-corrected chi connectivity index (χ0v) is 17.6. The summed E-state index contributed by atoms with van der Waals surface area (Å²) in [6.45, 7) is 9.92. The minimum Gasteiger partial charge on any atom is -0.393 e. The van der Waals surface area contributed by atoms with Gasteiger partial charge >= 0.3 is 0 Å². The average Bonchev–Trinajstić information content (AvgIpc) is 2.94. The molecule has 150 valence electrons. The van der Waals surface area contributed by atoms with E-state index >= 15 is 0 Å². The van der Waals surface area contributed by atoms with Crippen molar-refractivity contribution in [3.8, 4) is 0 Å². The Morgan fingerprint density at radius 2 is 1.58 bits per heavy atom. The molecule has 0 saturated heterocycles. The summed E-state index contributed by atoms with van der Waals surface area (Å²) in [5.74, 6) is 4.40. The maximum Gasteiger partial charge on any atom is 0.0577 e. The first-order chi connectivity index (χ1) is 12.3. The molecule has 4 aliphatic carbocycles. The van der Waals surface area contributed by atoms with Crippen molar-refractivity contribution in [2.24, 2.45) is 46.3 Å². The SMILES string of the molecule is CCCC(C)C1CCC2C3C[C@H](O)[C@@H]4C[C@H](O)CCC4(C)C3CCC12C. The molecular weight excluding hydrogens is 320 g/mol. The summed E-state index contributed by atoms with van der Waals surface area (Å²) in [5.41, 5.74) is 0.767. The first-order valence-corrected chi connectivity index (χ1v) is 11.7. The Labute approximate surface area is 161 Å². The first kappa shape index (κ1) is 19.2. The van der Waals surface area contributed by atoms with E-state index in [1.54, 1.807) is 0 Å². The van der Waals surface area contributed by atoms with Crippen LogP contribution in [0.4, 0.5) is 0 Å². The van der Waals surface area contributed by atoms with Crippen molar-refractivity contribution in [3.05, 3.63) is 0 Å². The zero-order valence-electron chi connectivity index (χ0n) is 17.6. The third-order valence-electron chi connectivity index (χ3n) is 10.2. The molecule has 0 amide bonds. The van der Waals surface area contributed by atoms with E-state index in [0.717, 1.165) is 55.3 Å². The highest BCUT2D eigenvalue weighted by Gasteiger charge is 2.62. The van der Waals surface area contributed by atoms with Crippen molar-refractivity contribution in [2.75, 3.05) is 0 Å². The molecule has 0 bridgehead atoms. The van der Waals surface area contributed by atoms with Gasteiger partial charge in [0, 0.05) is 0 Å². The lowest BCUT2D eigenvalue weighted by Gasteiger charge is -2.62. The molecule has 2 nitrogen and oxygen atoms in total. The van der Waals surface area contributed by atoms with Crippen LogP contribution in [0.15, 0.2) is 0 Å². The van der Waals surface area contributed by atoms with Crippen LogP contribution < -0.4 is 0 Å². The molecule has 0 aromatic carbocycles. The fourth-order valence-electron chi connectivity index (χ4n) is 8.91. The van der Waals surface area contributed by atoms with Gasteiger partial charge in [-0.05, 0) is 97.7 Å². The lowest BCUT2D eigenvalue weighted by atomic mass is 9.44. The van der Waals surface area contributed by atoms with Crippen molar-refractivity contribution in [1.82, 2.24) is 0 Å². The zero-order chi connectivity index (χ0) is 18.7. The minimum absolute atomic E-state index is 0.182. The van der Waals surface area contributed by atoms with E-state index in [-0.39, 0.29) is 17.6 Å². The van der Waals surface area contributed by atoms with Crippen molar-refractivity contribution in [1.29, 1.82) is 0 Å². The van der Waals surface area contributed by atoms with E-state index in [4.69, 9.17) is 0 Å². The number of hydrogen-bond acceptors (Lipinski definition) is 2. The van der Waals surface area contributed by atoms with Crippen molar-refractivity contribution >= 4 is 0 Å². The van der Waals surface area contributed by atoms with Gasteiger partial charge in [-0.1, -0.05) is 40.5 Å². The molecule has 26 heavy (non-hydrogen) atoms. The molecule has 0 heterocycles. The summed E-state index contributed by atoms with van der Waals surface area (Å²) in [6.07, 6.45) is 11.8.